The van der Waals surface area contributed by atoms with Gasteiger partial charge in [0.2, 0.25) is 0 Å². The number of ether oxygens (including phenoxy) is 1. The highest BCUT2D eigenvalue weighted by atomic mass is 32.2. The van der Waals surface area contributed by atoms with Gasteiger partial charge in [-0.15, -0.1) is 0 Å². The maximum absolute atomic E-state index is 14.2. The number of carbonyl (C=O) groups excluding carboxylic acids is 1. The Hall–Kier alpha value is -4.05. The average Bonchev–Trinajstić information content (AvgIpc) is 2.81. The van der Waals surface area contributed by atoms with Crippen LogP contribution in [0.5, 0.6) is 5.75 Å². The van der Waals surface area contributed by atoms with Crippen molar-refractivity contribution in [1.82, 2.24) is 9.97 Å². The van der Waals surface area contributed by atoms with Crippen LogP contribution in [-0.4, -0.2) is 31.4 Å². The number of amides is 1. The van der Waals surface area contributed by atoms with Crippen molar-refractivity contribution < 1.29 is 22.3 Å². The van der Waals surface area contributed by atoms with E-state index in [-0.39, 0.29) is 32.9 Å². The summed E-state index contributed by atoms with van der Waals surface area (Å²) >= 11 is 0. The number of halogens is 1. The Labute approximate surface area is 202 Å². The monoisotopic (exact) mass is 494 g/mol. The maximum Gasteiger partial charge on any atom is 0.262 e. The molecule has 8 nitrogen and oxygen atoms in total. The van der Waals surface area contributed by atoms with Crippen LogP contribution in [0.1, 0.15) is 27.3 Å². The molecule has 0 radical (unpaired) electrons. The predicted molar refractivity (Wildman–Crippen MR) is 132 cm³/mol. The molecule has 0 aliphatic carbocycles. The lowest BCUT2D eigenvalue weighted by Gasteiger charge is -2.15. The van der Waals surface area contributed by atoms with Gasteiger partial charge in [0.25, 0.3) is 15.9 Å². The third-order valence-electron chi connectivity index (χ3n) is 5.48. The van der Waals surface area contributed by atoms with Crippen LogP contribution >= 0.6 is 0 Å². The van der Waals surface area contributed by atoms with Gasteiger partial charge in [0.1, 0.15) is 17.1 Å². The smallest absolute Gasteiger partial charge is 0.262 e. The summed E-state index contributed by atoms with van der Waals surface area (Å²) in [4.78, 5) is 21.8. The predicted octanol–water partition coefficient (Wildman–Crippen LogP) is 4.76. The minimum atomic E-state index is -4.01. The number of sulfonamides is 1. The molecule has 180 valence electrons. The van der Waals surface area contributed by atoms with Gasteiger partial charge in [0.15, 0.2) is 0 Å². The summed E-state index contributed by atoms with van der Waals surface area (Å²) in [5.41, 5.74) is 2.71. The molecule has 0 saturated carbocycles. The van der Waals surface area contributed by atoms with E-state index in [2.05, 4.69) is 20.0 Å². The number of para-hydroxylation sites is 2. The summed E-state index contributed by atoms with van der Waals surface area (Å²) in [6.07, 6.45) is 0. The SMILES string of the molecule is COc1ccccc1NS(=O)(=O)c1cc(NC(=O)c2cc(F)cc3nc(C)c(C)nc23)ccc1C. The van der Waals surface area contributed by atoms with Gasteiger partial charge in [-0.3, -0.25) is 9.52 Å². The Bertz CT molecular complexity index is 1570. The van der Waals surface area contributed by atoms with Crippen LogP contribution in [0.15, 0.2) is 59.5 Å². The van der Waals surface area contributed by atoms with Gasteiger partial charge in [0.05, 0.1) is 40.2 Å². The molecule has 1 heterocycles. The summed E-state index contributed by atoms with van der Waals surface area (Å²) in [5, 5.41) is 2.65. The molecule has 0 fully saturated rings. The van der Waals surface area contributed by atoms with E-state index in [9.17, 15) is 17.6 Å². The van der Waals surface area contributed by atoms with Crippen molar-refractivity contribution in [3.63, 3.8) is 0 Å². The van der Waals surface area contributed by atoms with Gasteiger partial charge < -0.3 is 10.1 Å². The quantitative estimate of drug-likeness (QED) is 0.400. The number of fused-ring (bicyclic) bond motifs is 1. The minimum absolute atomic E-state index is 0.00673. The fourth-order valence-corrected chi connectivity index (χ4v) is 4.91. The Morgan fingerprint density at radius 3 is 2.43 bits per heavy atom. The summed E-state index contributed by atoms with van der Waals surface area (Å²) in [5.74, 6) is -0.909. The molecule has 0 spiro atoms. The van der Waals surface area contributed by atoms with Gasteiger partial charge >= 0.3 is 0 Å². The Balaban J connectivity index is 1.68. The number of nitrogens with zero attached hydrogens (tertiary/aromatic N) is 2. The first-order chi connectivity index (χ1) is 16.6. The lowest BCUT2D eigenvalue weighted by Crippen LogP contribution is -2.17. The highest BCUT2D eigenvalue weighted by Gasteiger charge is 2.21. The van der Waals surface area contributed by atoms with Gasteiger partial charge in [-0.2, -0.15) is 0 Å². The van der Waals surface area contributed by atoms with Crippen LogP contribution in [0, 0.1) is 26.6 Å². The van der Waals surface area contributed by atoms with Crippen LogP contribution in [0.25, 0.3) is 11.0 Å². The fourth-order valence-electron chi connectivity index (χ4n) is 3.57. The lowest BCUT2D eigenvalue weighted by atomic mass is 10.1. The van der Waals surface area contributed by atoms with Crippen LogP contribution in [0.4, 0.5) is 15.8 Å². The molecule has 1 amide bonds. The molecule has 35 heavy (non-hydrogen) atoms. The van der Waals surface area contributed by atoms with E-state index >= 15 is 0 Å². The number of methoxy groups -OCH3 is 1. The summed E-state index contributed by atoms with van der Waals surface area (Å²) in [6.45, 7) is 5.14. The second-order valence-electron chi connectivity index (χ2n) is 7.96. The lowest BCUT2D eigenvalue weighted by molar-refractivity contribution is 0.102. The summed E-state index contributed by atoms with van der Waals surface area (Å²) in [6, 6.07) is 13.4. The number of benzene rings is 3. The van der Waals surface area contributed by atoms with Crippen molar-refractivity contribution >= 4 is 38.3 Å². The van der Waals surface area contributed by atoms with Crippen molar-refractivity contribution in [3.8, 4) is 5.75 Å². The molecule has 1 aromatic heterocycles. The summed E-state index contributed by atoms with van der Waals surface area (Å²) < 4.78 is 48.2. The van der Waals surface area contributed by atoms with Crippen LogP contribution in [0.3, 0.4) is 0 Å². The number of carbonyl (C=O) groups is 1. The number of hydrogen-bond acceptors (Lipinski definition) is 6. The number of nitrogens with one attached hydrogen (secondary N) is 2. The molecule has 4 rings (SSSR count). The number of hydrogen-bond donors (Lipinski definition) is 2. The largest absolute Gasteiger partial charge is 0.495 e. The van der Waals surface area contributed by atoms with Gasteiger partial charge in [-0.05, 0) is 56.7 Å². The Kier molecular flexibility index (Phi) is 6.40. The molecule has 4 aromatic rings. The van der Waals surface area contributed by atoms with E-state index in [1.165, 1.54) is 19.2 Å². The molecule has 0 aliphatic rings. The molecular weight excluding hydrogens is 471 g/mol. The van der Waals surface area contributed by atoms with Crippen LogP contribution in [0.2, 0.25) is 0 Å². The van der Waals surface area contributed by atoms with Crippen molar-refractivity contribution in [3.05, 3.63) is 82.9 Å². The topological polar surface area (TPSA) is 110 Å². The molecule has 0 saturated heterocycles. The second-order valence-corrected chi connectivity index (χ2v) is 9.61. The molecule has 3 aromatic carbocycles. The van der Waals surface area contributed by atoms with Crippen molar-refractivity contribution in [2.75, 3.05) is 17.1 Å². The molecule has 0 aliphatic heterocycles. The Morgan fingerprint density at radius 2 is 1.69 bits per heavy atom. The second kappa shape index (κ2) is 9.30. The van der Waals surface area contributed by atoms with Crippen molar-refractivity contribution in [2.45, 2.75) is 25.7 Å². The zero-order chi connectivity index (χ0) is 25.3. The molecule has 0 unspecified atom stereocenters. The average molecular weight is 495 g/mol. The molecular formula is C25H23FN4O4S. The van der Waals surface area contributed by atoms with Crippen molar-refractivity contribution in [1.29, 1.82) is 0 Å². The van der Waals surface area contributed by atoms with E-state index in [4.69, 9.17) is 4.74 Å². The molecule has 0 atom stereocenters. The van der Waals surface area contributed by atoms with E-state index < -0.39 is 21.7 Å². The number of aromatic nitrogens is 2. The minimum Gasteiger partial charge on any atom is -0.495 e. The zero-order valence-electron chi connectivity index (χ0n) is 19.5. The fraction of sp³-hybridized carbons (Fsp3) is 0.160. The maximum atomic E-state index is 14.2. The van der Waals surface area contributed by atoms with Crippen molar-refractivity contribution in [2.24, 2.45) is 0 Å². The number of rotatable bonds is 6. The Morgan fingerprint density at radius 1 is 0.971 bits per heavy atom. The third-order valence-corrected chi connectivity index (χ3v) is 6.98. The molecule has 2 N–H and O–H groups in total. The van der Waals surface area contributed by atoms with E-state index in [1.807, 2.05) is 0 Å². The van der Waals surface area contributed by atoms with E-state index in [0.29, 0.717) is 22.7 Å². The zero-order valence-corrected chi connectivity index (χ0v) is 20.3. The van der Waals surface area contributed by atoms with Gasteiger partial charge in [-0.1, -0.05) is 18.2 Å². The first-order valence-corrected chi connectivity index (χ1v) is 12.1. The molecule has 0 bridgehead atoms. The summed E-state index contributed by atoms with van der Waals surface area (Å²) in [7, 11) is -2.57. The third kappa shape index (κ3) is 4.92. The first kappa shape index (κ1) is 24.1. The molecule has 10 heteroatoms. The van der Waals surface area contributed by atoms with Crippen LogP contribution < -0.4 is 14.8 Å². The number of anilines is 2. The normalized spacial score (nSPS) is 11.3. The van der Waals surface area contributed by atoms with Gasteiger partial charge in [0, 0.05) is 11.8 Å². The standard InChI is InChI=1S/C25H23FN4O4S/c1-14-9-10-18(13-23(14)35(32,33)30-20-7-5-6-8-22(20)34-4)29-25(31)19-11-17(26)12-21-24(19)28-16(3)15(2)27-21/h5-13,30H,1-4H3,(H,29,31). The van der Waals surface area contributed by atoms with E-state index in [0.717, 1.165) is 6.07 Å². The number of aryl methyl sites for hydroxylation is 3. The highest BCUT2D eigenvalue weighted by molar-refractivity contribution is 7.92. The first-order valence-electron chi connectivity index (χ1n) is 10.6. The van der Waals surface area contributed by atoms with E-state index in [1.54, 1.807) is 57.2 Å². The van der Waals surface area contributed by atoms with Crippen LogP contribution in [-0.2, 0) is 10.0 Å². The van der Waals surface area contributed by atoms with Gasteiger partial charge in [-0.25, -0.2) is 22.8 Å². The highest BCUT2D eigenvalue weighted by Crippen LogP contribution is 2.29.